The zero-order valence-corrected chi connectivity index (χ0v) is 11.6. The highest BCUT2D eigenvalue weighted by atomic mass is 32.1. The summed E-state index contributed by atoms with van der Waals surface area (Å²) in [5, 5.41) is 4.40. The predicted octanol–water partition coefficient (Wildman–Crippen LogP) is 2.56. The summed E-state index contributed by atoms with van der Waals surface area (Å²) >= 11 is 1.68. The minimum Gasteiger partial charge on any atom is -0.383 e. The molecule has 0 fully saturated rings. The van der Waals surface area contributed by atoms with Crippen LogP contribution in [0.5, 0.6) is 0 Å². The van der Waals surface area contributed by atoms with Gasteiger partial charge in [-0.05, 0) is 20.3 Å². The first-order valence-corrected chi connectivity index (χ1v) is 6.71. The van der Waals surface area contributed by atoms with Crippen LogP contribution in [-0.2, 0) is 6.42 Å². The Morgan fingerprint density at radius 2 is 2.17 bits per heavy atom. The number of anilines is 2. The van der Waals surface area contributed by atoms with Gasteiger partial charge >= 0.3 is 0 Å². The van der Waals surface area contributed by atoms with Crippen molar-refractivity contribution in [1.82, 2.24) is 15.0 Å². The lowest BCUT2D eigenvalue weighted by Crippen LogP contribution is -2.11. The Labute approximate surface area is 111 Å². The Bertz CT molecular complexity index is 537. The van der Waals surface area contributed by atoms with Crippen LogP contribution in [0.2, 0.25) is 0 Å². The minimum absolute atomic E-state index is 0.114. The summed E-state index contributed by atoms with van der Waals surface area (Å²) in [4.78, 5) is 13.8. The molecule has 1 atom stereocenters. The average molecular weight is 263 g/mol. The van der Waals surface area contributed by atoms with Crippen molar-refractivity contribution in [3.05, 3.63) is 28.0 Å². The maximum absolute atomic E-state index is 5.85. The summed E-state index contributed by atoms with van der Waals surface area (Å²) in [5.74, 6) is 1.34. The van der Waals surface area contributed by atoms with Crippen LogP contribution < -0.4 is 11.1 Å². The van der Waals surface area contributed by atoms with E-state index in [4.69, 9.17) is 5.73 Å². The Kier molecular flexibility index (Phi) is 3.76. The molecule has 2 rings (SSSR count). The lowest BCUT2D eigenvalue weighted by molar-refractivity contribution is 0.851. The third-order valence-corrected chi connectivity index (χ3v) is 3.79. The van der Waals surface area contributed by atoms with E-state index >= 15 is 0 Å². The van der Waals surface area contributed by atoms with Gasteiger partial charge in [-0.25, -0.2) is 15.0 Å². The first kappa shape index (κ1) is 12.8. The van der Waals surface area contributed by atoms with Crippen molar-refractivity contribution in [1.29, 1.82) is 0 Å². The molecule has 0 aliphatic heterocycles. The van der Waals surface area contributed by atoms with Crippen LogP contribution in [-0.4, -0.2) is 15.0 Å². The van der Waals surface area contributed by atoms with Crippen molar-refractivity contribution in [2.24, 2.45) is 0 Å². The molecule has 2 heterocycles. The Hall–Kier alpha value is -1.69. The number of nitrogens with zero attached hydrogens (tertiary/aromatic N) is 3. The lowest BCUT2D eigenvalue weighted by atomic mass is 10.2. The first-order chi connectivity index (χ1) is 8.61. The van der Waals surface area contributed by atoms with Crippen molar-refractivity contribution >= 4 is 23.0 Å². The summed E-state index contributed by atoms with van der Waals surface area (Å²) in [6.45, 7) is 6.16. The van der Waals surface area contributed by atoms with Crippen LogP contribution in [0.4, 0.5) is 11.6 Å². The van der Waals surface area contributed by atoms with Crippen molar-refractivity contribution < 1.29 is 0 Å². The van der Waals surface area contributed by atoms with E-state index in [0.29, 0.717) is 5.82 Å². The molecule has 0 aliphatic carbocycles. The van der Waals surface area contributed by atoms with Gasteiger partial charge < -0.3 is 11.1 Å². The molecule has 2 aromatic heterocycles. The van der Waals surface area contributed by atoms with Gasteiger partial charge in [0, 0.05) is 16.6 Å². The minimum atomic E-state index is 0.114. The Balaban J connectivity index is 2.21. The zero-order valence-electron chi connectivity index (χ0n) is 10.8. The smallest absolute Gasteiger partial charge is 0.135 e. The van der Waals surface area contributed by atoms with E-state index in [1.165, 1.54) is 11.2 Å². The fourth-order valence-corrected chi connectivity index (χ4v) is 2.51. The van der Waals surface area contributed by atoms with Crippen LogP contribution in [0.15, 0.2) is 12.5 Å². The number of hydrogen-bond acceptors (Lipinski definition) is 6. The molecule has 3 N–H and O–H groups in total. The van der Waals surface area contributed by atoms with E-state index < -0.39 is 0 Å². The molecular formula is C12H17N5S. The van der Waals surface area contributed by atoms with Crippen LogP contribution in [0.1, 0.15) is 35.3 Å². The quantitative estimate of drug-likeness (QED) is 0.886. The molecule has 0 saturated heterocycles. The molecule has 0 amide bonds. The molecule has 5 nitrogen and oxygen atoms in total. The largest absolute Gasteiger partial charge is 0.383 e. The molecule has 0 radical (unpaired) electrons. The van der Waals surface area contributed by atoms with Crippen LogP contribution in [0.25, 0.3) is 0 Å². The molecule has 0 aromatic carbocycles. The number of nitrogen functional groups attached to an aromatic ring is 1. The van der Waals surface area contributed by atoms with Gasteiger partial charge in [0.15, 0.2) is 0 Å². The van der Waals surface area contributed by atoms with Crippen molar-refractivity contribution in [3.63, 3.8) is 0 Å². The third kappa shape index (κ3) is 2.59. The van der Waals surface area contributed by atoms with Gasteiger partial charge in [0.1, 0.15) is 23.0 Å². The van der Waals surface area contributed by atoms with Gasteiger partial charge in [-0.15, -0.1) is 11.3 Å². The maximum Gasteiger partial charge on any atom is 0.135 e. The molecular weight excluding hydrogens is 246 g/mol. The van der Waals surface area contributed by atoms with Crippen molar-refractivity contribution in [2.45, 2.75) is 33.2 Å². The third-order valence-electron chi connectivity index (χ3n) is 2.70. The van der Waals surface area contributed by atoms with E-state index in [1.807, 2.05) is 20.0 Å². The van der Waals surface area contributed by atoms with Gasteiger partial charge in [-0.3, -0.25) is 0 Å². The second kappa shape index (κ2) is 5.30. The summed E-state index contributed by atoms with van der Waals surface area (Å²) in [6, 6.07) is 0.114. The topological polar surface area (TPSA) is 76.7 Å². The molecule has 0 saturated carbocycles. The molecule has 0 bridgehead atoms. The summed E-state index contributed by atoms with van der Waals surface area (Å²) in [5.41, 5.74) is 6.80. The number of hydrogen-bond donors (Lipinski definition) is 2. The number of thiazole rings is 1. The molecule has 0 aliphatic rings. The number of nitrogens with one attached hydrogen (secondary N) is 1. The molecule has 6 heteroatoms. The van der Waals surface area contributed by atoms with Crippen LogP contribution in [0, 0.1) is 6.92 Å². The number of nitrogens with two attached hydrogens (primary N) is 1. The van der Waals surface area contributed by atoms with E-state index in [9.17, 15) is 0 Å². The van der Waals surface area contributed by atoms with Gasteiger partial charge in [-0.2, -0.15) is 0 Å². The average Bonchev–Trinajstić information content (AvgIpc) is 2.76. The Morgan fingerprint density at radius 1 is 1.39 bits per heavy atom. The second-order valence-corrected chi connectivity index (χ2v) is 5.38. The van der Waals surface area contributed by atoms with Gasteiger partial charge in [0.2, 0.25) is 0 Å². The Morgan fingerprint density at radius 3 is 2.78 bits per heavy atom. The van der Waals surface area contributed by atoms with E-state index in [-0.39, 0.29) is 6.04 Å². The van der Waals surface area contributed by atoms with Gasteiger partial charge in [0.25, 0.3) is 0 Å². The van der Waals surface area contributed by atoms with Gasteiger partial charge in [-0.1, -0.05) is 6.92 Å². The number of rotatable bonds is 4. The normalized spacial score (nSPS) is 12.4. The highest BCUT2D eigenvalue weighted by molar-refractivity contribution is 7.11. The zero-order chi connectivity index (χ0) is 13.1. The fraction of sp³-hybridized carbons (Fsp3) is 0.417. The van der Waals surface area contributed by atoms with Crippen molar-refractivity contribution in [2.75, 3.05) is 11.1 Å². The standard InChI is InChI=1S/C12H17N5S/c1-4-9-10(13)15-6-16-11(9)17-8(3)12-14-5-7(2)18-12/h5-6,8H,4H2,1-3H3,(H3,13,15,16,17). The summed E-state index contributed by atoms with van der Waals surface area (Å²) in [7, 11) is 0. The van der Waals surface area contributed by atoms with Gasteiger partial charge in [0.05, 0.1) is 6.04 Å². The summed E-state index contributed by atoms with van der Waals surface area (Å²) in [6.07, 6.45) is 4.17. The molecule has 1 unspecified atom stereocenters. The van der Waals surface area contributed by atoms with Crippen molar-refractivity contribution in [3.8, 4) is 0 Å². The molecule has 2 aromatic rings. The molecule has 0 spiro atoms. The number of aryl methyl sites for hydroxylation is 1. The summed E-state index contributed by atoms with van der Waals surface area (Å²) < 4.78 is 0. The van der Waals surface area contributed by atoms with E-state index in [2.05, 4.69) is 27.2 Å². The SMILES string of the molecule is CCc1c(N)ncnc1NC(C)c1ncc(C)s1. The lowest BCUT2D eigenvalue weighted by Gasteiger charge is -2.15. The molecule has 18 heavy (non-hydrogen) atoms. The second-order valence-electron chi connectivity index (χ2n) is 4.11. The fourth-order valence-electron chi connectivity index (χ4n) is 1.74. The van der Waals surface area contributed by atoms with Crippen LogP contribution in [0.3, 0.4) is 0 Å². The highest BCUT2D eigenvalue weighted by Crippen LogP contribution is 2.25. The van der Waals surface area contributed by atoms with E-state index in [0.717, 1.165) is 22.8 Å². The van der Waals surface area contributed by atoms with Crippen LogP contribution >= 0.6 is 11.3 Å². The first-order valence-electron chi connectivity index (χ1n) is 5.90. The molecule has 96 valence electrons. The monoisotopic (exact) mass is 263 g/mol. The predicted molar refractivity (Wildman–Crippen MR) is 74.7 cm³/mol. The van der Waals surface area contributed by atoms with E-state index in [1.54, 1.807) is 11.3 Å². The number of aromatic nitrogens is 3. The highest BCUT2D eigenvalue weighted by Gasteiger charge is 2.13. The maximum atomic E-state index is 5.85.